The maximum atomic E-state index is 13.4. The molecule has 150 valence electrons. The van der Waals surface area contributed by atoms with Crippen LogP contribution < -0.4 is 5.32 Å². The van der Waals surface area contributed by atoms with Gasteiger partial charge in [-0.15, -0.1) is 0 Å². The number of carbonyl (C=O) groups is 1. The fourth-order valence-electron chi connectivity index (χ4n) is 3.15. The second-order valence-corrected chi connectivity index (χ2v) is 8.65. The van der Waals surface area contributed by atoms with Crippen LogP contribution in [0.25, 0.3) is 0 Å². The average molecular weight is 417 g/mol. The normalized spacial score (nSPS) is 13.3. The summed E-state index contributed by atoms with van der Waals surface area (Å²) in [4.78, 5) is 13.4. The van der Waals surface area contributed by atoms with Crippen molar-refractivity contribution in [3.63, 3.8) is 0 Å². The fraction of sp³-hybridized carbons (Fsp3) is 0.0833. The number of nitrogens with one attached hydrogen (secondary N) is 1. The van der Waals surface area contributed by atoms with Gasteiger partial charge >= 0.3 is 0 Å². The maximum absolute atomic E-state index is 13.4. The van der Waals surface area contributed by atoms with Gasteiger partial charge in [-0.05, 0) is 42.3 Å². The van der Waals surface area contributed by atoms with E-state index in [1.165, 1.54) is 12.1 Å². The lowest BCUT2D eigenvalue weighted by Crippen LogP contribution is -2.38. The Hall–Kier alpha value is -3.69. The Morgan fingerprint density at radius 1 is 0.900 bits per heavy atom. The molecule has 0 saturated heterocycles. The SMILES string of the molecule is CC(C(=O)Nc1ccccc1)(c1ccccc1)c1ccc(S(=O)(=O)/C=C/C#N)cc1. The van der Waals surface area contributed by atoms with Crippen LogP contribution in [-0.4, -0.2) is 14.3 Å². The van der Waals surface area contributed by atoms with Gasteiger partial charge in [0.1, 0.15) is 0 Å². The van der Waals surface area contributed by atoms with E-state index in [1.54, 1.807) is 37.3 Å². The zero-order valence-electron chi connectivity index (χ0n) is 16.3. The molecule has 30 heavy (non-hydrogen) atoms. The zero-order chi connectivity index (χ0) is 21.6. The van der Waals surface area contributed by atoms with E-state index in [2.05, 4.69) is 5.32 Å². The number of hydrogen-bond donors (Lipinski definition) is 1. The number of para-hydroxylation sites is 1. The van der Waals surface area contributed by atoms with Crippen molar-refractivity contribution in [3.05, 3.63) is 108 Å². The van der Waals surface area contributed by atoms with Crippen LogP contribution in [0.1, 0.15) is 18.1 Å². The van der Waals surface area contributed by atoms with Gasteiger partial charge in [-0.25, -0.2) is 8.42 Å². The summed E-state index contributed by atoms with van der Waals surface area (Å²) < 4.78 is 24.6. The van der Waals surface area contributed by atoms with Gasteiger partial charge in [-0.2, -0.15) is 5.26 Å². The summed E-state index contributed by atoms with van der Waals surface area (Å²) in [6.45, 7) is 1.81. The fourth-order valence-corrected chi connectivity index (χ4v) is 4.07. The molecule has 3 aromatic carbocycles. The van der Waals surface area contributed by atoms with Crippen molar-refractivity contribution in [2.45, 2.75) is 17.2 Å². The van der Waals surface area contributed by atoms with Gasteiger partial charge in [0.15, 0.2) is 0 Å². The van der Waals surface area contributed by atoms with E-state index in [0.717, 1.165) is 17.0 Å². The summed E-state index contributed by atoms with van der Waals surface area (Å²) in [5, 5.41) is 12.4. The topological polar surface area (TPSA) is 87.0 Å². The second kappa shape index (κ2) is 8.76. The standard InChI is InChI=1S/C24H20N2O3S/c1-24(19-9-4-2-5-10-19,23(27)26-21-11-6-3-7-12-21)20-13-15-22(16-14-20)30(28,29)18-8-17-25/h2-16,18H,1H3,(H,26,27)/b18-8+. The Balaban J connectivity index is 2.04. The lowest BCUT2D eigenvalue weighted by molar-refractivity contribution is -0.119. The summed E-state index contributed by atoms with van der Waals surface area (Å²) in [5.74, 6) is -0.236. The highest BCUT2D eigenvalue weighted by molar-refractivity contribution is 7.94. The monoisotopic (exact) mass is 416 g/mol. The quantitative estimate of drug-likeness (QED) is 0.602. The molecule has 0 heterocycles. The van der Waals surface area contributed by atoms with Crippen LogP contribution in [0.5, 0.6) is 0 Å². The Labute approximate surface area is 176 Å². The Bertz CT molecular complexity index is 1200. The highest BCUT2D eigenvalue weighted by Crippen LogP contribution is 2.34. The first-order valence-electron chi connectivity index (χ1n) is 9.22. The predicted molar refractivity (Wildman–Crippen MR) is 116 cm³/mol. The molecular weight excluding hydrogens is 396 g/mol. The van der Waals surface area contributed by atoms with Gasteiger partial charge in [0.25, 0.3) is 0 Å². The van der Waals surface area contributed by atoms with Crippen LogP contribution in [0.4, 0.5) is 5.69 Å². The summed E-state index contributed by atoms with van der Waals surface area (Å²) in [7, 11) is -3.72. The Morgan fingerprint density at radius 3 is 2.00 bits per heavy atom. The second-order valence-electron chi connectivity index (χ2n) is 6.81. The molecule has 0 radical (unpaired) electrons. The molecule has 5 nitrogen and oxygen atoms in total. The predicted octanol–water partition coefficient (Wildman–Crippen LogP) is 4.44. The van der Waals surface area contributed by atoms with Crippen molar-refractivity contribution in [3.8, 4) is 6.07 Å². The van der Waals surface area contributed by atoms with E-state index in [1.807, 2.05) is 48.5 Å². The van der Waals surface area contributed by atoms with Crippen molar-refractivity contribution in [1.82, 2.24) is 0 Å². The molecule has 6 heteroatoms. The lowest BCUT2D eigenvalue weighted by Gasteiger charge is -2.30. The van der Waals surface area contributed by atoms with Crippen molar-refractivity contribution in [1.29, 1.82) is 5.26 Å². The third-order valence-corrected chi connectivity index (χ3v) is 6.34. The van der Waals surface area contributed by atoms with E-state index in [9.17, 15) is 13.2 Å². The summed E-state index contributed by atoms with van der Waals surface area (Å²) >= 11 is 0. The van der Waals surface area contributed by atoms with E-state index in [-0.39, 0.29) is 10.8 Å². The van der Waals surface area contributed by atoms with Gasteiger partial charge in [0.2, 0.25) is 15.7 Å². The highest BCUT2D eigenvalue weighted by Gasteiger charge is 2.37. The number of carbonyl (C=O) groups excluding carboxylic acids is 1. The molecule has 1 amide bonds. The number of allylic oxidation sites excluding steroid dienone is 1. The van der Waals surface area contributed by atoms with Gasteiger partial charge in [-0.3, -0.25) is 4.79 Å². The van der Waals surface area contributed by atoms with Crippen LogP contribution >= 0.6 is 0 Å². The first kappa shape index (κ1) is 21.0. The van der Waals surface area contributed by atoms with E-state index >= 15 is 0 Å². The molecule has 0 aliphatic rings. The number of nitriles is 1. The molecule has 0 saturated carbocycles. The van der Waals surface area contributed by atoms with Crippen LogP contribution in [0.2, 0.25) is 0 Å². The number of benzene rings is 3. The molecule has 0 aromatic heterocycles. The maximum Gasteiger partial charge on any atom is 0.239 e. The van der Waals surface area contributed by atoms with E-state index in [0.29, 0.717) is 11.3 Å². The van der Waals surface area contributed by atoms with Crippen molar-refractivity contribution < 1.29 is 13.2 Å². The number of sulfone groups is 1. The molecule has 0 spiro atoms. The third-order valence-electron chi connectivity index (χ3n) is 4.92. The molecule has 0 fully saturated rings. The third kappa shape index (κ3) is 4.32. The van der Waals surface area contributed by atoms with E-state index < -0.39 is 15.3 Å². The summed E-state index contributed by atoms with van der Waals surface area (Å²) in [5.41, 5.74) is 1.04. The van der Waals surface area contributed by atoms with Crippen LogP contribution in [0, 0.1) is 11.3 Å². The van der Waals surface area contributed by atoms with Crippen molar-refractivity contribution in [2.24, 2.45) is 0 Å². The van der Waals surface area contributed by atoms with Crippen molar-refractivity contribution in [2.75, 3.05) is 5.32 Å². The molecule has 3 aromatic rings. The number of anilines is 1. The van der Waals surface area contributed by atoms with Gasteiger partial charge in [-0.1, -0.05) is 60.7 Å². The van der Waals surface area contributed by atoms with Crippen LogP contribution in [0.15, 0.2) is 101 Å². The van der Waals surface area contributed by atoms with Crippen LogP contribution in [0.3, 0.4) is 0 Å². The zero-order valence-corrected chi connectivity index (χ0v) is 17.1. The van der Waals surface area contributed by atoms with E-state index in [4.69, 9.17) is 5.26 Å². The first-order chi connectivity index (χ1) is 14.4. The number of hydrogen-bond acceptors (Lipinski definition) is 4. The van der Waals surface area contributed by atoms with Gasteiger partial charge in [0, 0.05) is 17.2 Å². The average Bonchev–Trinajstić information content (AvgIpc) is 2.78. The molecule has 0 aliphatic carbocycles. The van der Waals surface area contributed by atoms with Crippen LogP contribution in [-0.2, 0) is 20.0 Å². The van der Waals surface area contributed by atoms with Gasteiger partial charge in [0.05, 0.1) is 16.4 Å². The molecule has 0 bridgehead atoms. The molecule has 0 aliphatic heterocycles. The van der Waals surface area contributed by atoms with Crippen molar-refractivity contribution >= 4 is 21.4 Å². The van der Waals surface area contributed by atoms with Gasteiger partial charge < -0.3 is 5.32 Å². The highest BCUT2D eigenvalue weighted by atomic mass is 32.2. The number of rotatable bonds is 6. The number of amides is 1. The largest absolute Gasteiger partial charge is 0.325 e. The number of nitrogens with zero attached hydrogens (tertiary/aromatic N) is 1. The summed E-state index contributed by atoms with van der Waals surface area (Å²) in [6, 6.07) is 26.3. The molecular formula is C24H20N2O3S. The molecule has 3 rings (SSSR count). The summed E-state index contributed by atoms with van der Waals surface area (Å²) in [6.07, 6.45) is 0.921. The Kier molecular flexibility index (Phi) is 6.14. The molecule has 1 atom stereocenters. The molecule has 1 N–H and O–H groups in total. The smallest absolute Gasteiger partial charge is 0.239 e. The lowest BCUT2D eigenvalue weighted by atomic mass is 9.75. The first-order valence-corrected chi connectivity index (χ1v) is 10.8. The molecule has 1 unspecified atom stereocenters. The Morgan fingerprint density at radius 2 is 1.43 bits per heavy atom. The minimum absolute atomic E-state index is 0.0524. The minimum Gasteiger partial charge on any atom is -0.325 e. The minimum atomic E-state index is -3.72.